The summed E-state index contributed by atoms with van der Waals surface area (Å²) in [5.74, 6) is 0. The van der Waals surface area contributed by atoms with Crippen LogP contribution in [0.4, 0.5) is 0 Å². The summed E-state index contributed by atoms with van der Waals surface area (Å²) in [6.45, 7) is 2.73. The molecule has 0 amide bonds. The van der Waals surface area contributed by atoms with Gasteiger partial charge in [0.2, 0.25) is 0 Å². The smallest absolute Gasteiger partial charge is 0.132 e. The van der Waals surface area contributed by atoms with Gasteiger partial charge in [0, 0.05) is 6.54 Å². The number of nitrogens with zero attached hydrogens (tertiary/aromatic N) is 1. The summed E-state index contributed by atoms with van der Waals surface area (Å²) in [7, 11) is 0. The molecule has 3 heteroatoms. The monoisotopic (exact) mass is 166 g/mol. The SMILES string of the molecule is CC(Cl)(Cl)C1CCC[N]1. The van der Waals surface area contributed by atoms with Crippen molar-refractivity contribution in [1.82, 2.24) is 5.32 Å². The Labute approximate surface area is 65.7 Å². The van der Waals surface area contributed by atoms with Crippen LogP contribution in [-0.4, -0.2) is 16.9 Å². The number of hydrogen-bond acceptors (Lipinski definition) is 0. The maximum Gasteiger partial charge on any atom is 0.132 e. The Hall–Kier alpha value is 0.540. The topological polar surface area (TPSA) is 14.1 Å². The molecule has 1 atom stereocenters. The third-order valence-corrected chi connectivity index (χ3v) is 2.07. The van der Waals surface area contributed by atoms with E-state index in [2.05, 4.69) is 5.32 Å². The number of rotatable bonds is 1. The lowest BCUT2D eigenvalue weighted by Gasteiger charge is -2.19. The standard InChI is InChI=1S/C6H10Cl2N/c1-6(7,8)5-3-2-4-9-5/h5H,2-4H2,1H3. The van der Waals surface area contributed by atoms with Crippen molar-refractivity contribution in [3.05, 3.63) is 0 Å². The molecule has 53 valence electrons. The Balaban J connectivity index is 2.42. The molecule has 9 heavy (non-hydrogen) atoms. The molecule has 0 aromatic heterocycles. The zero-order valence-electron chi connectivity index (χ0n) is 5.40. The third kappa shape index (κ3) is 1.99. The second kappa shape index (κ2) is 2.65. The van der Waals surface area contributed by atoms with Crippen molar-refractivity contribution in [2.75, 3.05) is 6.54 Å². The van der Waals surface area contributed by atoms with Crippen LogP contribution < -0.4 is 5.32 Å². The van der Waals surface area contributed by atoms with Gasteiger partial charge in [-0.1, -0.05) is 0 Å². The van der Waals surface area contributed by atoms with E-state index in [-0.39, 0.29) is 6.04 Å². The molecule has 1 nitrogen and oxygen atoms in total. The van der Waals surface area contributed by atoms with Gasteiger partial charge in [-0.2, -0.15) is 0 Å². The molecule has 1 radical (unpaired) electrons. The predicted molar refractivity (Wildman–Crippen MR) is 40.1 cm³/mol. The van der Waals surface area contributed by atoms with Gasteiger partial charge >= 0.3 is 0 Å². The van der Waals surface area contributed by atoms with Crippen molar-refractivity contribution in [3.63, 3.8) is 0 Å². The van der Waals surface area contributed by atoms with E-state index in [9.17, 15) is 0 Å². The molecule has 0 saturated carbocycles. The molecule has 1 heterocycles. The molecule has 0 bridgehead atoms. The first-order valence-corrected chi connectivity index (χ1v) is 3.91. The van der Waals surface area contributed by atoms with Gasteiger partial charge in [0.1, 0.15) is 4.33 Å². The van der Waals surface area contributed by atoms with Crippen molar-refractivity contribution in [1.29, 1.82) is 0 Å². The Morgan fingerprint density at radius 1 is 1.56 bits per heavy atom. The van der Waals surface area contributed by atoms with E-state index >= 15 is 0 Å². The molecule has 1 fully saturated rings. The van der Waals surface area contributed by atoms with Gasteiger partial charge in [-0.15, -0.1) is 23.2 Å². The molecule has 0 spiro atoms. The number of alkyl halides is 2. The summed E-state index contributed by atoms with van der Waals surface area (Å²) in [6, 6.07) is 0.167. The predicted octanol–water partition coefficient (Wildman–Crippen LogP) is 1.95. The molecule has 0 aliphatic carbocycles. The molecule has 1 saturated heterocycles. The van der Waals surface area contributed by atoms with Gasteiger partial charge < -0.3 is 0 Å². The second-order valence-electron chi connectivity index (χ2n) is 2.52. The highest BCUT2D eigenvalue weighted by atomic mass is 35.5. The fourth-order valence-corrected chi connectivity index (χ4v) is 1.39. The molecule has 0 aromatic carbocycles. The Bertz CT molecular complexity index is 91.7. The van der Waals surface area contributed by atoms with Gasteiger partial charge in [0.05, 0.1) is 6.04 Å². The van der Waals surface area contributed by atoms with Crippen molar-refractivity contribution in [2.45, 2.75) is 30.1 Å². The number of hydrogen-bond donors (Lipinski definition) is 0. The molecule has 0 N–H and O–H groups in total. The van der Waals surface area contributed by atoms with Crippen LogP contribution in [0.2, 0.25) is 0 Å². The fourth-order valence-electron chi connectivity index (χ4n) is 1.04. The van der Waals surface area contributed by atoms with Crippen molar-refractivity contribution >= 4 is 23.2 Å². The molecule has 1 rings (SSSR count). The van der Waals surface area contributed by atoms with Crippen LogP contribution in [0.15, 0.2) is 0 Å². The van der Waals surface area contributed by atoms with Crippen LogP contribution in [0.25, 0.3) is 0 Å². The molecular formula is C6H10Cl2N. The molecule has 1 aliphatic rings. The van der Waals surface area contributed by atoms with E-state index in [1.807, 2.05) is 0 Å². The highest BCUT2D eigenvalue weighted by Gasteiger charge is 2.32. The van der Waals surface area contributed by atoms with Crippen molar-refractivity contribution in [2.24, 2.45) is 0 Å². The lowest BCUT2D eigenvalue weighted by molar-refractivity contribution is 0.549. The zero-order valence-corrected chi connectivity index (χ0v) is 6.91. The number of halogens is 2. The van der Waals surface area contributed by atoms with E-state index in [1.165, 1.54) is 0 Å². The minimum Gasteiger partial charge on any atom is -0.235 e. The first kappa shape index (κ1) is 7.64. The van der Waals surface area contributed by atoms with Gasteiger partial charge in [-0.3, -0.25) is 0 Å². The highest BCUT2D eigenvalue weighted by molar-refractivity contribution is 6.48. The van der Waals surface area contributed by atoms with Crippen molar-refractivity contribution in [3.8, 4) is 0 Å². The van der Waals surface area contributed by atoms with Crippen LogP contribution in [0.3, 0.4) is 0 Å². The van der Waals surface area contributed by atoms with Crippen LogP contribution in [-0.2, 0) is 0 Å². The van der Waals surface area contributed by atoms with Crippen LogP contribution in [0.5, 0.6) is 0 Å². The first-order chi connectivity index (χ1) is 4.11. The Morgan fingerprint density at radius 2 is 2.22 bits per heavy atom. The Kier molecular flexibility index (Phi) is 2.25. The second-order valence-corrected chi connectivity index (χ2v) is 4.28. The summed E-state index contributed by atoms with van der Waals surface area (Å²) in [4.78, 5) is 0. The first-order valence-electron chi connectivity index (χ1n) is 3.15. The quantitative estimate of drug-likeness (QED) is 0.530. The summed E-state index contributed by atoms with van der Waals surface area (Å²) in [5, 5.41) is 4.24. The molecule has 0 aromatic rings. The largest absolute Gasteiger partial charge is 0.235 e. The zero-order chi connectivity index (χ0) is 6.91. The van der Waals surface area contributed by atoms with Crippen LogP contribution in [0, 0.1) is 0 Å². The van der Waals surface area contributed by atoms with Crippen molar-refractivity contribution < 1.29 is 0 Å². The van der Waals surface area contributed by atoms with Gasteiger partial charge in [0.25, 0.3) is 0 Å². The summed E-state index contributed by atoms with van der Waals surface area (Å²) >= 11 is 11.6. The summed E-state index contributed by atoms with van der Waals surface area (Å²) in [5.41, 5.74) is 0. The average Bonchev–Trinajstić information content (AvgIpc) is 2.08. The lowest BCUT2D eigenvalue weighted by atomic mass is 10.2. The summed E-state index contributed by atoms with van der Waals surface area (Å²) < 4.78 is -0.642. The minimum atomic E-state index is -0.642. The van der Waals surface area contributed by atoms with Crippen LogP contribution in [0.1, 0.15) is 19.8 Å². The highest BCUT2D eigenvalue weighted by Crippen LogP contribution is 2.30. The van der Waals surface area contributed by atoms with E-state index in [0.29, 0.717) is 0 Å². The fraction of sp³-hybridized carbons (Fsp3) is 1.00. The van der Waals surface area contributed by atoms with E-state index in [1.54, 1.807) is 6.92 Å². The summed E-state index contributed by atoms with van der Waals surface area (Å²) in [6.07, 6.45) is 2.18. The minimum absolute atomic E-state index is 0.167. The van der Waals surface area contributed by atoms with Gasteiger partial charge in [0.15, 0.2) is 0 Å². The normalized spacial score (nSPS) is 29.0. The van der Waals surface area contributed by atoms with E-state index in [0.717, 1.165) is 19.4 Å². The average molecular weight is 167 g/mol. The van der Waals surface area contributed by atoms with Crippen LogP contribution >= 0.6 is 23.2 Å². The molecule has 1 unspecified atom stereocenters. The maximum atomic E-state index is 5.81. The maximum absolute atomic E-state index is 5.81. The van der Waals surface area contributed by atoms with Gasteiger partial charge in [-0.05, 0) is 19.8 Å². The third-order valence-electron chi connectivity index (χ3n) is 1.57. The molecule has 1 aliphatic heterocycles. The molecular weight excluding hydrogens is 157 g/mol. The Morgan fingerprint density at radius 3 is 2.44 bits per heavy atom. The lowest BCUT2D eigenvalue weighted by Crippen LogP contribution is -2.31. The van der Waals surface area contributed by atoms with E-state index < -0.39 is 4.33 Å². The van der Waals surface area contributed by atoms with E-state index in [4.69, 9.17) is 23.2 Å². The van der Waals surface area contributed by atoms with Gasteiger partial charge in [-0.25, -0.2) is 5.32 Å².